The molecule has 1 heterocycles. The minimum atomic E-state index is -0.104. The maximum Gasteiger partial charge on any atom is 0.152 e. The summed E-state index contributed by atoms with van der Waals surface area (Å²) in [5, 5.41) is 13.0. The highest BCUT2D eigenvalue weighted by atomic mass is 35.5. The molecule has 0 bridgehead atoms. The zero-order valence-electron chi connectivity index (χ0n) is 9.13. The highest BCUT2D eigenvalue weighted by Gasteiger charge is 2.07. The molecule has 0 unspecified atom stereocenters. The number of benzene rings is 1. The fourth-order valence-electron chi connectivity index (χ4n) is 1.44. The van der Waals surface area contributed by atoms with E-state index in [1.165, 1.54) is 0 Å². The third kappa shape index (κ3) is 2.87. The van der Waals surface area contributed by atoms with Crippen LogP contribution in [0.15, 0.2) is 28.7 Å². The molecule has 0 amide bonds. The van der Waals surface area contributed by atoms with E-state index in [4.69, 9.17) is 27.6 Å². The molecule has 1 aromatic carbocycles. The van der Waals surface area contributed by atoms with Crippen molar-refractivity contribution in [3.8, 4) is 5.75 Å². The summed E-state index contributed by atoms with van der Waals surface area (Å²) in [6, 6.07) is 7.01. The monoisotopic (exact) mass is 271 g/mol. The Morgan fingerprint density at radius 3 is 2.41 bits per heavy atom. The van der Waals surface area contributed by atoms with Crippen molar-refractivity contribution in [1.82, 2.24) is 0 Å². The highest BCUT2D eigenvalue weighted by Crippen LogP contribution is 2.34. The van der Waals surface area contributed by atoms with E-state index in [1.54, 1.807) is 12.1 Å². The number of hydrogen-bond acceptors (Lipinski definition) is 3. The first-order valence-corrected chi connectivity index (χ1v) is 5.79. The number of aromatic hydroxyl groups is 1. The van der Waals surface area contributed by atoms with E-state index in [0.29, 0.717) is 6.54 Å². The quantitative estimate of drug-likeness (QED) is 0.822. The summed E-state index contributed by atoms with van der Waals surface area (Å²) >= 11 is 11.6. The molecule has 90 valence electrons. The van der Waals surface area contributed by atoms with Crippen molar-refractivity contribution >= 4 is 28.9 Å². The molecule has 0 saturated carbocycles. The Morgan fingerprint density at radius 2 is 1.88 bits per heavy atom. The van der Waals surface area contributed by atoms with Gasteiger partial charge in [-0.3, -0.25) is 0 Å². The predicted molar refractivity (Wildman–Crippen MR) is 68.9 cm³/mol. The number of halogens is 2. The molecule has 0 atom stereocenters. The van der Waals surface area contributed by atoms with Crippen molar-refractivity contribution in [2.75, 3.05) is 5.32 Å². The van der Waals surface area contributed by atoms with Crippen LogP contribution in [0.1, 0.15) is 11.5 Å². The van der Waals surface area contributed by atoms with E-state index in [1.807, 2.05) is 19.1 Å². The zero-order chi connectivity index (χ0) is 12.4. The first-order valence-electron chi connectivity index (χ1n) is 5.03. The van der Waals surface area contributed by atoms with Gasteiger partial charge < -0.3 is 14.8 Å². The van der Waals surface area contributed by atoms with Gasteiger partial charge >= 0.3 is 0 Å². The van der Waals surface area contributed by atoms with Crippen molar-refractivity contribution in [3.05, 3.63) is 45.8 Å². The molecule has 0 aliphatic carbocycles. The average molecular weight is 272 g/mol. The molecule has 0 saturated heterocycles. The second-order valence-electron chi connectivity index (χ2n) is 3.65. The fourth-order valence-corrected chi connectivity index (χ4v) is 1.92. The van der Waals surface area contributed by atoms with E-state index in [0.717, 1.165) is 17.2 Å². The van der Waals surface area contributed by atoms with Gasteiger partial charge in [-0.15, -0.1) is 0 Å². The standard InChI is InChI=1S/C12H11Cl2NO2/c1-7-2-3-9(17-7)6-15-8-4-10(13)12(16)11(14)5-8/h2-5,15-16H,6H2,1H3. The summed E-state index contributed by atoms with van der Waals surface area (Å²) in [5.74, 6) is 1.58. The van der Waals surface area contributed by atoms with Gasteiger partial charge in [-0.1, -0.05) is 23.2 Å². The number of rotatable bonds is 3. The Hall–Kier alpha value is -1.32. The zero-order valence-corrected chi connectivity index (χ0v) is 10.6. The lowest BCUT2D eigenvalue weighted by atomic mass is 10.3. The van der Waals surface area contributed by atoms with Crippen molar-refractivity contribution in [3.63, 3.8) is 0 Å². The number of phenols is 1. The minimum absolute atomic E-state index is 0.104. The SMILES string of the molecule is Cc1ccc(CNc2cc(Cl)c(O)c(Cl)c2)o1. The van der Waals surface area contributed by atoms with Crippen molar-refractivity contribution < 1.29 is 9.52 Å². The lowest BCUT2D eigenvalue weighted by Crippen LogP contribution is -1.98. The molecule has 2 rings (SSSR count). The van der Waals surface area contributed by atoms with Gasteiger partial charge in [-0.25, -0.2) is 0 Å². The lowest BCUT2D eigenvalue weighted by Gasteiger charge is -2.07. The lowest BCUT2D eigenvalue weighted by molar-refractivity contribution is 0.476. The topological polar surface area (TPSA) is 45.4 Å². The van der Waals surface area contributed by atoms with Gasteiger partial charge in [0.05, 0.1) is 16.6 Å². The van der Waals surface area contributed by atoms with Crippen LogP contribution in [0.3, 0.4) is 0 Å². The van der Waals surface area contributed by atoms with Crippen molar-refractivity contribution in [1.29, 1.82) is 0 Å². The van der Waals surface area contributed by atoms with Crippen molar-refractivity contribution in [2.24, 2.45) is 0 Å². The summed E-state index contributed by atoms with van der Waals surface area (Å²) in [6.07, 6.45) is 0. The van der Waals surface area contributed by atoms with E-state index in [-0.39, 0.29) is 15.8 Å². The largest absolute Gasteiger partial charge is 0.505 e. The number of phenolic OH excluding ortho intramolecular Hbond substituents is 1. The number of furan rings is 1. The fraction of sp³-hybridized carbons (Fsp3) is 0.167. The summed E-state index contributed by atoms with van der Waals surface area (Å²) in [4.78, 5) is 0. The van der Waals surface area contributed by atoms with E-state index >= 15 is 0 Å². The Labute approximate surface area is 109 Å². The molecule has 0 spiro atoms. The molecule has 0 fully saturated rings. The first-order chi connectivity index (χ1) is 8.06. The molecule has 0 aliphatic heterocycles. The van der Waals surface area contributed by atoms with Crippen LogP contribution in [0.4, 0.5) is 5.69 Å². The van der Waals surface area contributed by atoms with Crippen molar-refractivity contribution in [2.45, 2.75) is 13.5 Å². The van der Waals surface area contributed by atoms with E-state index < -0.39 is 0 Å². The van der Waals surface area contributed by atoms with Gasteiger partial charge in [-0.2, -0.15) is 0 Å². The normalized spacial score (nSPS) is 10.5. The molecule has 17 heavy (non-hydrogen) atoms. The molecule has 0 radical (unpaired) electrons. The van der Waals surface area contributed by atoms with Crippen LogP contribution in [0.2, 0.25) is 10.0 Å². The van der Waals surface area contributed by atoms with Crippen LogP contribution in [0, 0.1) is 6.92 Å². The van der Waals surface area contributed by atoms with Gasteiger partial charge in [0, 0.05) is 5.69 Å². The number of hydrogen-bond donors (Lipinski definition) is 2. The van der Waals surface area contributed by atoms with Crippen LogP contribution in [0.5, 0.6) is 5.75 Å². The summed E-state index contributed by atoms with van der Waals surface area (Å²) in [7, 11) is 0. The number of anilines is 1. The number of aryl methyl sites for hydroxylation is 1. The second-order valence-corrected chi connectivity index (χ2v) is 4.47. The van der Waals surface area contributed by atoms with Crippen LogP contribution in [-0.4, -0.2) is 5.11 Å². The predicted octanol–water partition coefficient (Wildman–Crippen LogP) is 4.21. The summed E-state index contributed by atoms with van der Waals surface area (Å²) in [5.41, 5.74) is 0.729. The highest BCUT2D eigenvalue weighted by molar-refractivity contribution is 6.37. The average Bonchev–Trinajstić information content (AvgIpc) is 2.69. The molecular weight excluding hydrogens is 261 g/mol. The molecule has 2 N–H and O–H groups in total. The van der Waals surface area contributed by atoms with Crippen LogP contribution < -0.4 is 5.32 Å². The van der Waals surface area contributed by atoms with E-state index in [9.17, 15) is 5.11 Å². The van der Waals surface area contributed by atoms with Gasteiger partial charge in [0.15, 0.2) is 5.75 Å². The third-order valence-corrected chi connectivity index (χ3v) is 2.86. The first kappa shape index (κ1) is 12.1. The maximum absolute atomic E-state index is 9.41. The van der Waals surface area contributed by atoms with Gasteiger partial charge in [0.2, 0.25) is 0 Å². The Kier molecular flexibility index (Phi) is 3.50. The maximum atomic E-state index is 9.41. The van der Waals surface area contributed by atoms with Crippen LogP contribution >= 0.6 is 23.2 Å². The Bertz CT molecular complexity index is 514. The van der Waals surface area contributed by atoms with Gasteiger partial charge in [-0.05, 0) is 31.2 Å². The summed E-state index contributed by atoms with van der Waals surface area (Å²) in [6.45, 7) is 2.42. The second kappa shape index (κ2) is 4.90. The Balaban J connectivity index is 2.09. The van der Waals surface area contributed by atoms with Gasteiger partial charge in [0.1, 0.15) is 11.5 Å². The van der Waals surface area contributed by atoms with Crippen LogP contribution in [0.25, 0.3) is 0 Å². The number of nitrogens with one attached hydrogen (secondary N) is 1. The Morgan fingerprint density at radius 1 is 1.24 bits per heavy atom. The third-order valence-electron chi connectivity index (χ3n) is 2.28. The van der Waals surface area contributed by atoms with Crippen LogP contribution in [-0.2, 0) is 6.54 Å². The molecule has 5 heteroatoms. The smallest absolute Gasteiger partial charge is 0.152 e. The molecule has 3 nitrogen and oxygen atoms in total. The minimum Gasteiger partial charge on any atom is -0.505 e. The molecule has 2 aromatic rings. The molecule has 0 aliphatic rings. The van der Waals surface area contributed by atoms with Gasteiger partial charge in [0.25, 0.3) is 0 Å². The molecular formula is C12H11Cl2NO2. The van der Waals surface area contributed by atoms with E-state index in [2.05, 4.69) is 5.32 Å². The summed E-state index contributed by atoms with van der Waals surface area (Å²) < 4.78 is 5.41. The molecule has 1 aromatic heterocycles.